The largest absolute Gasteiger partial charge is 0.496 e. The van der Waals surface area contributed by atoms with Crippen molar-refractivity contribution in [3.8, 4) is 5.75 Å². The first-order chi connectivity index (χ1) is 10.1. The van der Waals surface area contributed by atoms with Gasteiger partial charge in [-0.25, -0.2) is 0 Å². The van der Waals surface area contributed by atoms with E-state index in [4.69, 9.17) is 32.2 Å². The topological polar surface area (TPSA) is 57.0 Å². The molecule has 0 amide bonds. The van der Waals surface area contributed by atoms with Crippen LogP contribution < -0.4 is 10.5 Å². The molecular weight excluding hydrogens is 288 g/mol. The van der Waals surface area contributed by atoms with Crippen molar-refractivity contribution in [2.24, 2.45) is 5.73 Å². The number of methoxy groups -OCH3 is 3. The first kappa shape index (κ1) is 16.2. The molecule has 1 aromatic rings. The van der Waals surface area contributed by atoms with Crippen molar-refractivity contribution in [1.82, 2.24) is 4.90 Å². The van der Waals surface area contributed by atoms with Crippen LogP contribution in [0.5, 0.6) is 5.75 Å². The van der Waals surface area contributed by atoms with Crippen molar-refractivity contribution in [2.45, 2.75) is 18.8 Å². The van der Waals surface area contributed by atoms with E-state index in [1.165, 1.54) is 0 Å². The number of ether oxygens (including phenoxy) is 3. The smallest absolute Gasteiger partial charge is 0.129 e. The molecule has 21 heavy (non-hydrogen) atoms. The molecular formula is C15H22N2O3S. The Kier molecular flexibility index (Phi) is 5.52. The van der Waals surface area contributed by atoms with Gasteiger partial charge in [0.1, 0.15) is 10.7 Å². The molecule has 0 aromatic heterocycles. The molecule has 2 rings (SSSR count). The predicted octanol–water partition coefficient (Wildman–Crippen LogP) is 1.17. The molecule has 2 atom stereocenters. The minimum absolute atomic E-state index is 0.114. The number of likely N-dealkylation sites (tertiary alicyclic amines) is 1. The van der Waals surface area contributed by atoms with E-state index in [0.717, 1.165) is 30.8 Å². The fraction of sp³-hybridized carbons (Fsp3) is 0.533. The molecule has 1 aliphatic rings. The summed E-state index contributed by atoms with van der Waals surface area (Å²) in [7, 11) is 5.06. The van der Waals surface area contributed by atoms with Gasteiger partial charge in [0.2, 0.25) is 0 Å². The zero-order chi connectivity index (χ0) is 15.4. The molecule has 0 radical (unpaired) electrons. The molecule has 1 fully saturated rings. The number of rotatable bonds is 6. The Labute approximate surface area is 131 Å². The van der Waals surface area contributed by atoms with E-state index in [9.17, 15) is 0 Å². The molecule has 1 saturated heterocycles. The highest BCUT2D eigenvalue weighted by molar-refractivity contribution is 7.80. The molecule has 0 bridgehead atoms. The van der Waals surface area contributed by atoms with Gasteiger partial charge in [-0.05, 0) is 17.7 Å². The summed E-state index contributed by atoms with van der Waals surface area (Å²) in [5.74, 6) is 0.706. The first-order valence-corrected chi connectivity index (χ1v) is 7.24. The summed E-state index contributed by atoms with van der Waals surface area (Å²) in [5.41, 5.74) is 7.67. The van der Waals surface area contributed by atoms with Gasteiger partial charge >= 0.3 is 0 Å². The summed E-state index contributed by atoms with van der Waals surface area (Å²) >= 11 is 5.08. The summed E-state index contributed by atoms with van der Waals surface area (Å²) in [5, 5.41) is 0. The van der Waals surface area contributed by atoms with Gasteiger partial charge in [-0.2, -0.15) is 0 Å². The van der Waals surface area contributed by atoms with Crippen LogP contribution in [0, 0.1) is 0 Å². The Morgan fingerprint density at radius 2 is 1.86 bits per heavy atom. The number of benzene rings is 1. The van der Waals surface area contributed by atoms with Gasteiger partial charge < -0.3 is 19.9 Å². The monoisotopic (exact) mass is 310 g/mol. The van der Waals surface area contributed by atoms with Crippen LogP contribution in [0.2, 0.25) is 0 Å². The number of nitrogens with two attached hydrogens (primary N) is 1. The van der Waals surface area contributed by atoms with Gasteiger partial charge in [0.25, 0.3) is 0 Å². The van der Waals surface area contributed by atoms with Crippen LogP contribution in [0.3, 0.4) is 0 Å². The molecule has 6 heteroatoms. The minimum Gasteiger partial charge on any atom is -0.496 e. The van der Waals surface area contributed by atoms with E-state index >= 15 is 0 Å². The molecule has 0 spiro atoms. The molecule has 1 aliphatic heterocycles. The highest BCUT2D eigenvalue weighted by Crippen LogP contribution is 2.23. The van der Waals surface area contributed by atoms with E-state index < -0.39 is 0 Å². The molecule has 5 nitrogen and oxygen atoms in total. The second kappa shape index (κ2) is 7.17. The van der Waals surface area contributed by atoms with Crippen LogP contribution in [0.15, 0.2) is 18.2 Å². The third-order valence-corrected chi connectivity index (χ3v) is 4.05. The van der Waals surface area contributed by atoms with E-state index in [2.05, 4.69) is 4.90 Å². The highest BCUT2D eigenvalue weighted by atomic mass is 32.1. The van der Waals surface area contributed by atoms with Crippen LogP contribution in [-0.4, -0.2) is 56.5 Å². The van der Waals surface area contributed by atoms with E-state index in [-0.39, 0.29) is 12.2 Å². The minimum atomic E-state index is 0.114. The molecule has 2 unspecified atom stereocenters. The fourth-order valence-electron chi connectivity index (χ4n) is 2.70. The lowest BCUT2D eigenvalue weighted by Gasteiger charge is -2.16. The normalized spacial score (nSPS) is 22.4. The van der Waals surface area contributed by atoms with Gasteiger partial charge in [0.15, 0.2) is 0 Å². The lowest BCUT2D eigenvalue weighted by Crippen LogP contribution is -2.27. The first-order valence-electron chi connectivity index (χ1n) is 6.83. The number of nitrogens with zero attached hydrogens (tertiary/aromatic N) is 1. The summed E-state index contributed by atoms with van der Waals surface area (Å²) < 4.78 is 16.2. The van der Waals surface area contributed by atoms with E-state index in [1.54, 1.807) is 21.3 Å². The molecule has 0 aliphatic carbocycles. The fourth-order valence-corrected chi connectivity index (χ4v) is 2.86. The van der Waals surface area contributed by atoms with E-state index in [1.807, 2.05) is 18.2 Å². The van der Waals surface area contributed by atoms with Crippen LogP contribution in [0.25, 0.3) is 0 Å². The SMILES string of the molecule is COc1ccc(CN2CC(OC)C(OC)C2)cc1C(N)=S. The molecule has 116 valence electrons. The van der Waals surface area contributed by atoms with Crippen LogP contribution in [0.4, 0.5) is 0 Å². The molecule has 1 aromatic carbocycles. The van der Waals surface area contributed by atoms with Crippen molar-refractivity contribution in [1.29, 1.82) is 0 Å². The Morgan fingerprint density at radius 1 is 1.24 bits per heavy atom. The maximum absolute atomic E-state index is 5.75. The average Bonchev–Trinajstić information content (AvgIpc) is 2.89. The van der Waals surface area contributed by atoms with Gasteiger partial charge in [-0.15, -0.1) is 0 Å². The number of hydrogen-bond acceptors (Lipinski definition) is 5. The molecule has 2 N–H and O–H groups in total. The van der Waals surface area contributed by atoms with Crippen LogP contribution in [0.1, 0.15) is 11.1 Å². The summed E-state index contributed by atoms with van der Waals surface area (Å²) in [6, 6.07) is 5.92. The Balaban J connectivity index is 2.10. The Bertz CT molecular complexity index is 498. The molecule has 0 saturated carbocycles. The zero-order valence-electron chi connectivity index (χ0n) is 12.7. The van der Waals surface area contributed by atoms with Crippen LogP contribution in [-0.2, 0) is 16.0 Å². The third kappa shape index (κ3) is 3.71. The van der Waals surface area contributed by atoms with E-state index in [0.29, 0.717) is 10.7 Å². The van der Waals surface area contributed by atoms with Crippen molar-refractivity contribution in [2.75, 3.05) is 34.4 Å². The number of thiocarbonyl (C=S) groups is 1. The van der Waals surface area contributed by atoms with Crippen molar-refractivity contribution in [3.05, 3.63) is 29.3 Å². The second-order valence-electron chi connectivity index (χ2n) is 5.14. The standard InChI is InChI=1S/C15H22N2O3S/c1-18-12-5-4-10(6-11(12)15(16)21)7-17-8-13(19-2)14(9-17)20-3/h4-6,13-14H,7-9H2,1-3H3,(H2,16,21). The van der Waals surface area contributed by atoms with Gasteiger partial charge in [-0.1, -0.05) is 18.3 Å². The average molecular weight is 310 g/mol. The predicted molar refractivity (Wildman–Crippen MR) is 85.8 cm³/mol. The lowest BCUT2D eigenvalue weighted by atomic mass is 10.1. The summed E-state index contributed by atoms with van der Waals surface area (Å²) in [6.45, 7) is 2.51. The Morgan fingerprint density at radius 3 is 2.33 bits per heavy atom. The maximum atomic E-state index is 5.75. The lowest BCUT2D eigenvalue weighted by molar-refractivity contribution is -0.00461. The van der Waals surface area contributed by atoms with Crippen molar-refractivity contribution >= 4 is 17.2 Å². The third-order valence-electron chi connectivity index (χ3n) is 3.83. The van der Waals surface area contributed by atoms with Crippen molar-refractivity contribution in [3.63, 3.8) is 0 Å². The van der Waals surface area contributed by atoms with Gasteiger partial charge in [0.05, 0.1) is 24.9 Å². The highest BCUT2D eigenvalue weighted by Gasteiger charge is 2.32. The quantitative estimate of drug-likeness (QED) is 0.796. The number of hydrogen-bond donors (Lipinski definition) is 1. The van der Waals surface area contributed by atoms with Crippen molar-refractivity contribution < 1.29 is 14.2 Å². The zero-order valence-corrected chi connectivity index (χ0v) is 13.5. The van der Waals surface area contributed by atoms with Gasteiger partial charge in [0, 0.05) is 33.9 Å². The molecule has 1 heterocycles. The van der Waals surface area contributed by atoms with Gasteiger partial charge in [-0.3, -0.25) is 4.90 Å². The second-order valence-corrected chi connectivity index (χ2v) is 5.58. The Hall–Kier alpha value is -1.21. The summed E-state index contributed by atoms with van der Waals surface area (Å²) in [6.07, 6.45) is 0.228. The maximum Gasteiger partial charge on any atom is 0.129 e. The van der Waals surface area contributed by atoms with Crippen LogP contribution >= 0.6 is 12.2 Å². The summed E-state index contributed by atoms with van der Waals surface area (Å²) in [4.78, 5) is 2.65.